The van der Waals surface area contributed by atoms with E-state index < -0.39 is 12.0 Å². The number of aliphatic carboxylic acids is 1. The molecule has 0 unspecified atom stereocenters. The van der Waals surface area contributed by atoms with Gasteiger partial charge in [0.1, 0.15) is 11.7 Å². The lowest BCUT2D eigenvalue weighted by Gasteiger charge is -2.32. The maximum absolute atomic E-state index is 12.5. The predicted octanol–water partition coefficient (Wildman–Crippen LogP) is 2.34. The first kappa shape index (κ1) is 16.6. The molecule has 122 valence electrons. The van der Waals surface area contributed by atoms with Crippen molar-refractivity contribution in [2.75, 3.05) is 11.9 Å². The van der Waals surface area contributed by atoms with Crippen LogP contribution in [0.5, 0.6) is 0 Å². The fourth-order valence-corrected chi connectivity index (χ4v) is 2.73. The molecule has 0 radical (unpaired) electrons. The zero-order valence-corrected chi connectivity index (χ0v) is 13.5. The van der Waals surface area contributed by atoms with Gasteiger partial charge in [0.2, 0.25) is 5.91 Å². The lowest BCUT2D eigenvalue weighted by Crippen LogP contribution is -2.48. The Balaban J connectivity index is 2.33. The molecule has 1 heterocycles. The smallest absolute Gasteiger partial charge is 0.351 e. The molecule has 0 saturated heterocycles. The standard InChI is InChI=1S/C17H21N3O3/c1-10(2)15(16(21)19-11(3)17(22)23)20(4)14-7-5-6-13-12(14)8-9-18-13/h5-10,15,18H,3H2,1-2,4H3,(H,19,21)(H,22,23)/t15-/m0/s1. The van der Waals surface area contributed by atoms with Crippen LogP contribution < -0.4 is 10.2 Å². The molecule has 0 aliphatic rings. The van der Waals surface area contributed by atoms with Crippen LogP contribution in [0.1, 0.15) is 13.8 Å². The minimum atomic E-state index is -1.24. The Kier molecular flexibility index (Phi) is 4.74. The summed E-state index contributed by atoms with van der Waals surface area (Å²) in [4.78, 5) is 28.4. The maximum Gasteiger partial charge on any atom is 0.351 e. The van der Waals surface area contributed by atoms with E-state index in [1.165, 1.54) is 0 Å². The number of carboxylic acids is 1. The molecule has 1 aromatic carbocycles. The van der Waals surface area contributed by atoms with Gasteiger partial charge < -0.3 is 20.3 Å². The van der Waals surface area contributed by atoms with E-state index in [-0.39, 0.29) is 17.5 Å². The molecule has 1 aromatic heterocycles. The molecule has 6 heteroatoms. The normalized spacial score (nSPS) is 12.2. The van der Waals surface area contributed by atoms with Crippen LogP contribution in [0.25, 0.3) is 10.9 Å². The zero-order valence-electron chi connectivity index (χ0n) is 13.5. The summed E-state index contributed by atoms with van der Waals surface area (Å²) in [5.74, 6) is -1.64. The number of H-pyrrole nitrogens is 1. The van der Waals surface area contributed by atoms with Gasteiger partial charge in [-0.05, 0) is 24.1 Å². The van der Waals surface area contributed by atoms with Crippen LogP contribution in [0.3, 0.4) is 0 Å². The van der Waals surface area contributed by atoms with Gasteiger partial charge in [0.25, 0.3) is 0 Å². The number of fused-ring (bicyclic) bond motifs is 1. The molecule has 1 amide bonds. The Morgan fingerprint density at radius 1 is 1.30 bits per heavy atom. The number of carbonyl (C=O) groups is 2. The molecule has 2 rings (SSSR count). The van der Waals surface area contributed by atoms with Crippen molar-refractivity contribution in [3.05, 3.63) is 42.7 Å². The van der Waals surface area contributed by atoms with Crippen LogP contribution in [-0.2, 0) is 9.59 Å². The van der Waals surface area contributed by atoms with Gasteiger partial charge in [-0.15, -0.1) is 0 Å². The fourth-order valence-electron chi connectivity index (χ4n) is 2.73. The van der Waals surface area contributed by atoms with Gasteiger partial charge in [0, 0.05) is 29.8 Å². The average molecular weight is 315 g/mol. The molecular weight excluding hydrogens is 294 g/mol. The van der Waals surface area contributed by atoms with Gasteiger partial charge in [-0.25, -0.2) is 4.79 Å². The Morgan fingerprint density at radius 2 is 2.00 bits per heavy atom. The van der Waals surface area contributed by atoms with E-state index in [0.717, 1.165) is 16.6 Å². The van der Waals surface area contributed by atoms with Crippen LogP contribution in [0.2, 0.25) is 0 Å². The van der Waals surface area contributed by atoms with Crippen LogP contribution in [0.4, 0.5) is 5.69 Å². The summed E-state index contributed by atoms with van der Waals surface area (Å²) in [7, 11) is 1.83. The number of hydrogen-bond donors (Lipinski definition) is 3. The quantitative estimate of drug-likeness (QED) is 0.714. The predicted molar refractivity (Wildman–Crippen MR) is 90.2 cm³/mol. The van der Waals surface area contributed by atoms with E-state index in [0.29, 0.717) is 0 Å². The lowest BCUT2D eigenvalue weighted by molar-refractivity contribution is -0.135. The third-order valence-electron chi connectivity index (χ3n) is 3.80. The van der Waals surface area contributed by atoms with E-state index in [1.807, 2.05) is 56.3 Å². The van der Waals surface area contributed by atoms with Gasteiger partial charge in [0.15, 0.2) is 0 Å². The number of aromatic amines is 1. The van der Waals surface area contributed by atoms with E-state index in [2.05, 4.69) is 16.9 Å². The van der Waals surface area contributed by atoms with Gasteiger partial charge in [-0.3, -0.25) is 4.79 Å². The molecule has 0 aliphatic heterocycles. The summed E-state index contributed by atoms with van der Waals surface area (Å²) < 4.78 is 0. The zero-order chi connectivity index (χ0) is 17.1. The van der Waals surface area contributed by atoms with Crippen LogP contribution >= 0.6 is 0 Å². The second kappa shape index (κ2) is 6.56. The Morgan fingerprint density at radius 3 is 2.61 bits per heavy atom. The number of likely N-dealkylation sites (N-methyl/N-ethyl adjacent to an activating group) is 1. The van der Waals surface area contributed by atoms with Crippen molar-refractivity contribution in [2.45, 2.75) is 19.9 Å². The summed E-state index contributed by atoms with van der Waals surface area (Å²) in [5.41, 5.74) is 1.56. The molecule has 3 N–H and O–H groups in total. The number of nitrogens with one attached hydrogen (secondary N) is 2. The number of aromatic nitrogens is 1. The fraction of sp³-hybridized carbons (Fsp3) is 0.294. The highest BCUT2D eigenvalue weighted by Crippen LogP contribution is 2.28. The largest absolute Gasteiger partial charge is 0.477 e. The molecule has 6 nitrogen and oxygen atoms in total. The van der Waals surface area contributed by atoms with Crippen LogP contribution in [-0.4, -0.2) is 35.1 Å². The number of benzene rings is 1. The topological polar surface area (TPSA) is 85.4 Å². The number of nitrogens with zero attached hydrogens (tertiary/aromatic N) is 1. The van der Waals surface area contributed by atoms with Crippen molar-refractivity contribution in [3.8, 4) is 0 Å². The average Bonchev–Trinajstić information content (AvgIpc) is 2.94. The highest BCUT2D eigenvalue weighted by Gasteiger charge is 2.28. The number of anilines is 1. The first-order valence-electron chi connectivity index (χ1n) is 7.35. The van der Waals surface area contributed by atoms with E-state index in [1.54, 1.807) is 0 Å². The van der Waals surface area contributed by atoms with E-state index in [9.17, 15) is 9.59 Å². The van der Waals surface area contributed by atoms with Crippen LogP contribution in [0.15, 0.2) is 42.7 Å². The molecule has 0 spiro atoms. The Bertz CT molecular complexity index is 748. The summed E-state index contributed by atoms with van der Waals surface area (Å²) in [6.45, 7) is 7.19. The van der Waals surface area contributed by atoms with E-state index >= 15 is 0 Å². The molecule has 0 saturated carbocycles. The first-order valence-corrected chi connectivity index (χ1v) is 7.35. The molecule has 23 heavy (non-hydrogen) atoms. The van der Waals surface area contributed by atoms with E-state index in [4.69, 9.17) is 5.11 Å². The highest BCUT2D eigenvalue weighted by molar-refractivity contribution is 5.98. The second-order valence-corrected chi connectivity index (χ2v) is 5.79. The van der Waals surface area contributed by atoms with Gasteiger partial charge in [-0.1, -0.05) is 26.5 Å². The molecular formula is C17H21N3O3. The first-order chi connectivity index (χ1) is 10.8. The maximum atomic E-state index is 12.5. The van der Waals surface area contributed by atoms with Gasteiger partial charge in [0.05, 0.1) is 0 Å². The second-order valence-electron chi connectivity index (χ2n) is 5.79. The van der Waals surface area contributed by atoms with Crippen molar-refractivity contribution in [1.29, 1.82) is 0 Å². The molecule has 0 fully saturated rings. The summed E-state index contributed by atoms with van der Waals surface area (Å²) >= 11 is 0. The van der Waals surface area contributed by atoms with Crippen molar-refractivity contribution in [2.24, 2.45) is 5.92 Å². The molecule has 0 aliphatic carbocycles. The number of rotatable bonds is 6. The van der Waals surface area contributed by atoms with Crippen molar-refractivity contribution >= 4 is 28.5 Å². The monoisotopic (exact) mass is 315 g/mol. The highest BCUT2D eigenvalue weighted by atomic mass is 16.4. The minimum absolute atomic E-state index is 0.0178. The van der Waals surface area contributed by atoms with Crippen molar-refractivity contribution < 1.29 is 14.7 Å². The summed E-state index contributed by atoms with van der Waals surface area (Å²) in [6.07, 6.45) is 1.85. The van der Waals surface area contributed by atoms with Crippen molar-refractivity contribution in [3.63, 3.8) is 0 Å². The summed E-state index contributed by atoms with van der Waals surface area (Å²) in [6, 6.07) is 7.24. The van der Waals surface area contributed by atoms with Crippen molar-refractivity contribution in [1.82, 2.24) is 10.3 Å². The lowest BCUT2D eigenvalue weighted by atomic mass is 10.0. The molecule has 2 aromatic rings. The minimum Gasteiger partial charge on any atom is -0.477 e. The number of hydrogen-bond acceptors (Lipinski definition) is 3. The van der Waals surface area contributed by atoms with Crippen LogP contribution in [0, 0.1) is 5.92 Å². The van der Waals surface area contributed by atoms with Gasteiger partial charge in [-0.2, -0.15) is 0 Å². The Labute approximate surface area is 134 Å². The Hall–Kier alpha value is -2.76. The number of carboxylic acid groups (broad SMARTS) is 1. The third kappa shape index (κ3) is 3.36. The number of carbonyl (C=O) groups excluding carboxylic acids is 1. The third-order valence-corrected chi connectivity index (χ3v) is 3.80. The molecule has 1 atom stereocenters. The summed E-state index contributed by atoms with van der Waals surface area (Å²) in [5, 5.41) is 12.3. The number of amides is 1. The van der Waals surface area contributed by atoms with Gasteiger partial charge >= 0.3 is 5.97 Å². The molecule has 0 bridgehead atoms. The SMILES string of the molecule is C=C(NC(=O)[C@H](C(C)C)N(C)c1cccc2[nH]ccc12)C(=O)O.